The molecule has 0 aromatic carbocycles. The van der Waals surface area contributed by atoms with Crippen LogP contribution in [-0.2, 0) is 6.54 Å². The molecule has 0 amide bonds. The standard InChI is InChI=1S/C11H13ClN4O2/c1-7(2)16-11(17)10(12)9(6-14-16)13-5-8-3-4-18-15-8/h3-4,6-7,13H,5H2,1-2H3. The second kappa shape index (κ2) is 5.22. The zero-order valence-electron chi connectivity index (χ0n) is 10.1. The van der Waals surface area contributed by atoms with Gasteiger partial charge in [0.05, 0.1) is 24.5 Å². The van der Waals surface area contributed by atoms with Crippen LogP contribution in [0.4, 0.5) is 5.69 Å². The molecule has 18 heavy (non-hydrogen) atoms. The molecule has 7 heteroatoms. The highest BCUT2D eigenvalue weighted by Crippen LogP contribution is 2.17. The first-order valence-corrected chi connectivity index (χ1v) is 5.88. The maximum atomic E-state index is 11.9. The lowest BCUT2D eigenvalue weighted by atomic mass is 10.3. The maximum absolute atomic E-state index is 11.9. The first-order valence-electron chi connectivity index (χ1n) is 5.50. The van der Waals surface area contributed by atoms with Crippen molar-refractivity contribution >= 4 is 17.3 Å². The van der Waals surface area contributed by atoms with Crippen LogP contribution in [0.1, 0.15) is 25.6 Å². The Morgan fingerprint density at radius 1 is 1.56 bits per heavy atom. The average molecular weight is 269 g/mol. The van der Waals surface area contributed by atoms with Crippen molar-refractivity contribution in [2.75, 3.05) is 5.32 Å². The van der Waals surface area contributed by atoms with Gasteiger partial charge in [0.25, 0.3) is 5.56 Å². The summed E-state index contributed by atoms with van der Waals surface area (Å²) >= 11 is 6.00. The quantitative estimate of drug-likeness (QED) is 0.919. The Hall–Kier alpha value is -1.82. The summed E-state index contributed by atoms with van der Waals surface area (Å²) < 4.78 is 6.04. The van der Waals surface area contributed by atoms with E-state index >= 15 is 0 Å². The minimum absolute atomic E-state index is 0.0282. The number of rotatable bonds is 4. The van der Waals surface area contributed by atoms with Gasteiger partial charge < -0.3 is 9.84 Å². The Morgan fingerprint density at radius 3 is 2.94 bits per heavy atom. The molecular weight excluding hydrogens is 256 g/mol. The topological polar surface area (TPSA) is 73.0 Å². The molecule has 0 atom stereocenters. The number of hydrogen-bond donors (Lipinski definition) is 1. The molecule has 96 valence electrons. The van der Waals surface area contributed by atoms with Crippen LogP contribution in [-0.4, -0.2) is 14.9 Å². The van der Waals surface area contributed by atoms with Crippen molar-refractivity contribution in [3.63, 3.8) is 0 Å². The van der Waals surface area contributed by atoms with Gasteiger partial charge in [0.15, 0.2) is 0 Å². The van der Waals surface area contributed by atoms with Gasteiger partial charge in [0.2, 0.25) is 0 Å². The maximum Gasteiger partial charge on any atom is 0.287 e. The van der Waals surface area contributed by atoms with Gasteiger partial charge in [-0.1, -0.05) is 16.8 Å². The van der Waals surface area contributed by atoms with Gasteiger partial charge in [-0.2, -0.15) is 5.10 Å². The number of halogens is 1. The van der Waals surface area contributed by atoms with Crippen LogP contribution in [0.2, 0.25) is 5.02 Å². The molecule has 6 nitrogen and oxygen atoms in total. The SMILES string of the molecule is CC(C)n1ncc(NCc2ccon2)c(Cl)c1=O. The Labute approximate surface area is 109 Å². The fourth-order valence-corrected chi connectivity index (χ4v) is 1.65. The molecular formula is C11H13ClN4O2. The molecule has 2 aromatic rings. The summed E-state index contributed by atoms with van der Waals surface area (Å²) in [5.74, 6) is 0. The van der Waals surface area contributed by atoms with Gasteiger partial charge in [-0.3, -0.25) is 4.79 Å². The van der Waals surface area contributed by atoms with Crippen molar-refractivity contribution < 1.29 is 4.52 Å². The van der Waals surface area contributed by atoms with E-state index in [4.69, 9.17) is 16.1 Å². The van der Waals surface area contributed by atoms with Crippen molar-refractivity contribution in [3.8, 4) is 0 Å². The molecule has 2 rings (SSSR count). The summed E-state index contributed by atoms with van der Waals surface area (Å²) in [7, 11) is 0. The molecule has 0 radical (unpaired) electrons. The molecule has 0 aliphatic rings. The molecule has 0 bridgehead atoms. The normalized spacial score (nSPS) is 10.9. The van der Waals surface area contributed by atoms with Gasteiger partial charge in [-0.05, 0) is 13.8 Å². The minimum Gasteiger partial charge on any atom is -0.377 e. The highest BCUT2D eigenvalue weighted by molar-refractivity contribution is 6.32. The Bertz CT molecular complexity index is 577. The zero-order chi connectivity index (χ0) is 13.1. The third-order valence-corrected chi connectivity index (χ3v) is 2.75. The van der Waals surface area contributed by atoms with E-state index in [2.05, 4.69) is 15.6 Å². The van der Waals surface area contributed by atoms with Crippen LogP contribution in [0, 0.1) is 0 Å². The van der Waals surface area contributed by atoms with Crippen LogP contribution in [0.15, 0.2) is 27.8 Å². The Balaban J connectivity index is 2.20. The highest BCUT2D eigenvalue weighted by Gasteiger charge is 2.11. The third-order valence-electron chi connectivity index (χ3n) is 2.38. The van der Waals surface area contributed by atoms with Crippen molar-refractivity contribution in [1.29, 1.82) is 0 Å². The van der Waals surface area contributed by atoms with Gasteiger partial charge >= 0.3 is 0 Å². The number of nitrogens with zero attached hydrogens (tertiary/aromatic N) is 3. The fourth-order valence-electron chi connectivity index (χ4n) is 1.45. The third kappa shape index (κ3) is 2.53. The smallest absolute Gasteiger partial charge is 0.287 e. The fraction of sp³-hybridized carbons (Fsp3) is 0.364. The zero-order valence-corrected chi connectivity index (χ0v) is 10.8. The first-order chi connectivity index (χ1) is 8.59. The molecule has 2 heterocycles. The summed E-state index contributed by atoms with van der Waals surface area (Å²) in [6, 6.07) is 1.70. The van der Waals surface area contributed by atoms with Crippen LogP contribution in [0.5, 0.6) is 0 Å². The lowest BCUT2D eigenvalue weighted by Gasteiger charge is -2.11. The predicted molar refractivity (Wildman–Crippen MR) is 67.7 cm³/mol. The summed E-state index contributed by atoms with van der Waals surface area (Å²) in [6.07, 6.45) is 3.01. The monoisotopic (exact) mass is 268 g/mol. The summed E-state index contributed by atoms with van der Waals surface area (Å²) in [5.41, 5.74) is 0.900. The largest absolute Gasteiger partial charge is 0.377 e. The molecule has 0 aliphatic heterocycles. The molecule has 0 fully saturated rings. The van der Waals surface area contributed by atoms with Crippen LogP contribution >= 0.6 is 11.6 Å². The molecule has 1 N–H and O–H groups in total. The molecule has 0 aliphatic carbocycles. The molecule has 0 unspecified atom stereocenters. The number of nitrogens with one attached hydrogen (secondary N) is 1. The van der Waals surface area contributed by atoms with E-state index < -0.39 is 0 Å². The number of aromatic nitrogens is 3. The van der Waals surface area contributed by atoms with E-state index in [0.29, 0.717) is 12.2 Å². The predicted octanol–water partition coefficient (Wildman–Crippen LogP) is 2.08. The van der Waals surface area contributed by atoms with E-state index in [9.17, 15) is 4.79 Å². The molecule has 0 spiro atoms. The molecule has 0 saturated carbocycles. The van der Waals surface area contributed by atoms with Gasteiger partial charge in [0, 0.05) is 6.07 Å². The van der Waals surface area contributed by atoms with Crippen LogP contribution in [0.3, 0.4) is 0 Å². The second-order valence-electron chi connectivity index (χ2n) is 4.06. The van der Waals surface area contributed by atoms with Crippen molar-refractivity contribution in [2.24, 2.45) is 0 Å². The van der Waals surface area contributed by atoms with E-state index in [1.54, 1.807) is 6.07 Å². The van der Waals surface area contributed by atoms with E-state index in [-0.39, 0.29) is 16.6 Å². The van der Waals surface area contributed by atoms with Gasteiger partial charge in [0.1, 0.15) is 17.0 Å². The van der Waals surface area contributed by atoms with Crippen molar-refractivity contribution in [3.05, 3.63) is 39.6 Å². The minimum atomic E-state index is -0.309. The first kappa shape index (κ1) is 12.6. The Morgan fingerprint density at radius 2 is 2.33 bits per heavy atom. The lowest BCUT2D eigenvalue weighted by Crippen LogP contribution is -2.25. The van der Waals surface area contributed by atoms with E-state index in [1.807, 2.05) is 13.8 Å². The van der Waals surface area contributed by atoms with Crippen molar-refractivity contribution in [1.82, 2.24) is 14.9 Å². The number of anilines is 1. The molecule has 2 aromatic heterocycles. The van der Waals surface area contributed by atoms with Crippen molar-refractivity contribution in [2.45, 2.75) is 26.4 Å². The Kier molecular flexibility index (Phi) is 3.66. The summed E-state index contributed by atoms with van der Waals surface area (Å²) in [6.45, 7) is 4.16. The average Bonchev–Trinajstić information content (AvgIpc) is 2.83. The second-order valence-corrected chi connectivity index (χ2v) is 4.44. The lowest BCUT2D eigenvalue weighted by molar-refractivity contribution is 0.412. The van der Waals surface area contributed by atoms with E-state index in [0.717, 1.165) is 5.69 Å². The molecule has 0 saturated heterocycles. The summed E-state index contributed by atoms with van der Waals surface area (Å²) in [4.78, 5) is 11.9. The highest BCUT2D eigenvalue weighted by atomic mass is 35.5. The summed E-state index contributed by atoms with van der Waals surface area (Å²) in [5, 5.41) is 10.9. The van der Waals surface area contributed by atoms with Crippen LogP contribution in [0.25, 0.3) is 0 Å². The van der Waals surface area contributed by atoms with Gasteiger partial charge in [-0.25, -0.2) is 4.68 Å². The van der Waals surface area contributed by atoms with E-state index in [1.165, 1.54) is 17.1 Å². The number of hydrogen-bond acceptors (Lipinski definition) is 5. The van der Waals surface area contributed by atoms with Gasteiger partial charge in [-0.15, -0.1) is 0 Å². The van der Waals surface area contributed by atoms with Crippen LogP contribution < -0.4 is 10.9 Å².